The fourth-order valence-electron chi connectivity index (χ4n) is 2.21. The molecule has 23 heavy (non-hydrogen) atoms. The Morgan fingerprint density at radius 2 is 2.00 bits per heavy atom. The van der Waals surface area contributed by atoms with Crippen molar-refractivity contribution in [2.75, 3.05) is 13.7 Å². The highest BCUT2D eigenvalue weighted by atomic mass is 16.5. The summed E-state index contributed by atoms with van der Waals surface area (Å²) in [6, 6.07) is 10.4. The third-order valence-electron chi connectivity index (χ3n) is 3.48. The highest BCUT2D eigenvalue weighted by Crippen LogP contribution is 2.27. The molecule has 0 saturated carbocycles. The molecule has 5 heteroatoms. The first kappa shape index (κ1) is 16.7. The van der Waals surface area contributed by atoms with Crippen molar-refractivity contribution in [1.82, 2.24) is 10.3 Å². The number of benzene rings is 1. The number of carbonyl (C=O) groups is 2. The molecule has 0 spiro atoms. The molecule has 1 heterocycles. The van der Waals surface area contributed by atoms with Gasteiger partial charge in [-0.1, -0.05) is 19.9 Å². The summed E-state index contributed by atoms with van der Waals surface area (Å²) in [7, 11) is 1.61. The summed E-state index contributed by atoms with van der Waals surface area (Å²) < 4.78 is 5.31. The molecule has 1 amide bonds. The highest BCUT2D eigenvalue weighted by Gasteiger charge is 2.14. The van der Waals surface area contributed by atoms with E-state index in [4.69, 9.17) is 4.74 Å². The first-order chi connectivity index (χ1) is 11.0. The van der Waals surface area contributed by atoms with Crippen molar-refractivity contribution in [3.63, 3.8) is 0 Å². The van der Waals surface area contributed by atoms with E-state index in [1.165, 1.54) is 6.20 Å². The van der Waals surface area contributed by atoms with Crippen LogP contribution in [0.5, 0.6) is 5.75 Å². The number of ether oxygens (including phenoxy) is 1. The normalized spacial score (nSPS) is 10.4. The number of methoxy groups -OCH3 is 1. The zero-order valence-electron chi connectivity index (χ0n) is 13.5. The van der Waals surface area contributed by atoms with Crippen LogP contribution in [-0.4, -0.2) is 30.3 Å². The average Bonchev–Trinajstić information content (AvgIpc) is 2.59. The van der Waals surface area contributed by atoms with Gasteiger partial charge in [-0.05, 0) is 41.8 Å². The van der Waals surface area contributed by atoms with Crippen LogP contribution in [-0.2, 0) is 0 Å². The molecule has 5 nitrogen and oxygen atoms in total. The second-order valence-electron chi connectivity index (χ2n) is 5.43. The van der Waals surface area contributed by atoms with Gasteiger partial charge in [0, 0.05) is 11.8 Å². The molecule has 0 aliphatic carbocycles. The van der Waals surface area contributed by atoms with Gasteiger partial charge in [0.05, 0.1) is 13.7 Å². The van der Waals surface area contributed by atoms with E-state index in [-0.39, 0.29) is 29.8 Å². The van der Waals surface area contributed by atoms with E-state index in [9.17, 15) is 9.59 Å². The molecule has 0 aliphatic heterocycles. The highest BCUT2D eigenvalue weighted by molar-refractivity contribution is 6.01. The lowest BCUT2D eigenvalue weighted by molar-refractivity contribution is 0.0901. The zero-order chi connectivity index (χ0) is 16.8. The van der Waals surface area contributed by atoms with Gasteiger partial charge in [-0.3, -0.25) is 14.6 Å². The van der Waals surface area contributed by atoms with Crippen LogP contribution in [0.15, 0.2) is 42.6 Å². The van der Waals surface area contributed by atoms with Crippen molar-refractivity contribution >= 4 is 11.7 Å². The molecule has 1 aromatic heterocycles. The number of hydrogen-bond donors (Lipinski definition) is 1. The summed E-state index contributed by atoms with van der Waals surface area (Å²) in [5, 5.41) is 2.59. The van der Waals surface area contributed by atoms with Gasteiger partial charge >= 0.3 is 0 Å². The molecular formula is C18H20N2O3. The van der Waals surface area contributed by atoms with Crippen LogP contribution in [0.3, 0.4) is 0 Å². The van der Waals surface area contributed by atoms with Crippen LogP contribution in [0.1, 0.15) is 46.2 Å². The summed E-state index contributed by atoms with van der Waals surface area (Å²) in [5.74, 6) is 0.477. The molecule has 1 N–H and O–H groups in total. The van der Waals surface area contributed by atoms with E-state index < -0.39 is 0 Å². The molecule has 2 rings (SSSR count). The molecule has 0 bridgehead atoms. The minimum atomic E-state index is -0.364. The van der Waals surface area contributed by atoms with Gasteiger partial charge < -0.3 is 10.1 Å². The van der Waals surface area contributed by atoms with Crippen LogP contribution in [0.2, 0.25) is 0 Å². The van der Waals surface area contributed by atoms with Gasteiger partial charge in [0.15, 0.2) is 5.78 Å². The lowest BCUT2D eigenvalue weighted by Gasteiger charge is -2.13. The molecule has 2 aromatic rings. The Hall–Kier alpha value is -2.69. The first-order valence-corrected chi connectivity index (χ1v) is 7.43. The third-order valence-corrected chi connectivity index (χ3v) is 3.48. The lowest BCUT2D eigenvalue weighted by atomic mass is 9.98. The zero-order valence-corrected chi connectivity index (χ0v) is 13.5. The molecular weight excluding hydrogens is 292 g/mol. The number of carbonyl (C=O) groups excluding carboxylic acids is 2. The fourth-order valence-corrected chi connectivity index (χ4v) is 2.21. The molecule has 0 atom stereocenters. The Labute approximate surface area is 135 Å². The van der Waals surface area contributed by atoms with Crippen molar-refractivity contribution in [3.05, 3.63) is 59.4 Å². The van der Waals surface area contributed by atoms with Crippen molar-refractivity contribution in [1.29, 1.82) is 0 Å². The van der Waals surface area contributed by atoms with Gasteiger partial charge in [-0.25, -0.2) is 0 Å². The van der Waals surface area contributed by atoms with E-state index in [0.717, 1.165) is 11.3 Å². The van der Waals surface area contributed by atoms with Crippen LogP contribution in [0.4, 0.5) is 0 Å². The van der Waals surface area contributed by atoms with Gasteiger partial charge in [0.2, 0.25) is 0 Å². The summed E-state index contributed by atoms with van der Waals surface area (Å²) in [4.78, 5) is 28.1. The molecule has 120 valence electrons. The van der Waals surface area contributed by atoms with Crippen LogP contribution in [0, 0.1) is 0 Å². The van der Waals surface area contributed by atoms with Crippen molar-refractivity contribution in [2.24, 2.45) is 0 Å². The van der Waals surface area contributed by atoms with E-state index >= 15 is 0 Å². The Balaban J connectivity index is 2.06. The monoisotopic (exact) mass is 312 g/mol. The Morgan fingerprint density at radius 1 is 1.22 bits per heavy atom. The average molecular weight is 312 g/mol. The second kappa shape index (κ2) is 7.54. The number of nitrogens with zero attached hydrogens (tertiary/aromatic N) is 1. The van der Waals surface area contributed by atoms with Crippen molar-refractivity contribution in [3.8, 4) is 5.75 Å². The summed E-state index contributed by atoms with van der Waals surface area (Å²) in [5.41, 5.74) is 1.81. The molecule has 0 unspecified atom stereocenters. The van der Waals surface area contributed by atoms with E-state index in [2.05, 4.69) is 10.3 Å². The molecule has 0 saturated heterocycles. The predicted octanol–water partition coefficient (Wildman–Crippen LogP) is 2.83. The van der Waals surface area contributed by atoms with E-state index in [0.29, 0.717) is 5.56 Å². The number of rotatable bonds is 6. The lowest BCUT2D eigenvalue weighted by Crippen LogP contribution is -2.30. The number of hydrogen-bond acceptors (Lipinski definition) is 4. The minimum Gasteiger partial charge on any atom is -0.496 e. The maximum atomic E-state index is 12.3. The Morgan fingerprint density at radius 3 is 2.61 bits per heavy atom. The summed E-state index contributed by atoms with van der Waals surface area (Å²) in [6.45, 7) is 4.00. The predicted molar refractivity (Wildman–Crippen MR) is 88.0 cm³/mol. The standard InChI is InChI=1S/C18H20N2O3/c1-12(2)14-10-13(7-8-17(14)23-3)16(21)11-20-18(22)15-6-4-5-9-19-15/h4-10,12H,11H2,1-3H3,(H,20,22). The van der Waals surface area contributed by atoms with Crippen molar-refractivity contribution < 1.29 is 14.3 Å². The Bertz CT molecular complexity index is 697. The number of amides is 1. The maximum Gasteiger partial charge on any atom is 0.270 e. The van der Waals surface area contributed by atoms with Gasteiger partial charge in [0.1, 0.15) is 11.4 Å². The Kier molecular flexibility index (Phi) is 5.46. The van der Waals surface area contributed by atoms with Crippen LogP contribution in [0.25, 0.3) is 0 Å². The molecule has 0 radical (unpaired) electrons. The van der Waals surface area contributed by atoms with Gasteiger partial charge in [-0.15, -0.1) is 0 Å². The minimum absolute atomic E-state index is 0.0702. The number of aromatic nitrogens is 1. The van der Waals surface area contributed by atoms with Crippen molar-refractivity contribution in [2.45, 2.75) is 19.8 Å². The summed E-state index contributed by atoms with van der Waals surface area (Å²) in [6.07, 6.45) is 1.54. The van der Waals surface area contributed by atoms with E-state index in [1.54, 1.807) is 37.4 Å². The third kappa shape index (κ3) is 4.16. The fraction of sp³-hybridized carbons (Fsp3) is 0.278. The van der Waals surface area contributed by atoms with Gasteiger partial charge in [-0.2, -0.15) is 0 Å². The molecule has 0 fully saturated rings. The smallest absolute Gasteiger partial charge is 0.270 e. The molecule has 1 aromatic carbocycles. The SMILES string of the molecule is COc1ccc(C(=O)CNC(=O)c2ccccn2)cc1C(C)C. The maximum absolute atomic E-state index is 12.3. The second-order valence-corrected chi connectivity index (χ2v) is 5.43. The van der Waals surface area contributed by atoms with Crippen LogP contribution < -0.4 is 10.1 Å². The number of nitrogens with one attached hydrogen (secondary N) is 1. The quantitative estimate of drug-likeness (QED) is 0.833. The molecule has 0 aliphatic rings. The number of pyridine rings is 1. The largest absolute Gasteiger partial charge is 0.496 e. The van der Waals surface area contributed by atoms with E-state index in [1.807, 2.05) is 19.9 Å². The van der Waals surface area contributed by atoms with Gasteiger partial charge in [0.25, 0.3) is 5.91 Å². The topological polar surface area (TPSA) is 68.3 Å². The number of Topliss-reactive ketones (excluding diaryl/α,β-unsaturated/α-hetero) is 1. The van der Waals surface area contributed by atoms with Crippen LogP contribution >= 0.6 is 0 Å². The number of ketones is 1. The summed E-state index contributed by atoms with van der Waals surface area (Å²) >= 11 is 0. The first-order valence-electron chi connectivity index (χ1n) is 7.43.